The maximum Gasteiger partial charge on any atom is 0.273 e. The number of aryl methyl sites for hydroxylation is 1. The Morgan fingerprint density at radius 2 is 1.96 bits per heavy atom. The quantitative estimate of drug-likeness (QED) is 0.698. The van der Waals surface area contributed by atoms with Gasteiger partial charge in [-0.05, 0) is 36.2 Å². The van der Waals surface area contributed by atoms with Crippen molar-refractivity contribution in [1.82, 2.24) is 0 Å². The number of para-hydroxylation sites is 1. The van der Waals surface area contributed by atoms with Gasteiger partial charge in [-0.3, -0.25) is 5.32 Å². The van der Waals surface area contributed by atoms with Crippen molar-refractivity contribution in [2.24, 2.45) is 0 Å². The fraction of sp³-hybridized carbons (Fsp3) is 0.211. The highest BCUT2D eigenvalue weighted by atomic mass is 35.5. The summed E-state index contributed by atoms with van der Waals surface area (Å²) in [6.45, 7) is 2.86. The predicted molar refractivity (Wildman–Crippen MR) is 100 cm³/mol. The zero-order valence-corrected chi connectivity index (χ0v) is 15.1. The number of anilines is 1. The summed E-state index contributed by atoms with van der Waals surface area (Å²) in [5.41, 5.74) is 3.25. The molecule has 0 fully saturated rings. The highest BCUT2D eigenvalue weighted by molar-refractivity contribution is 6.35. The molecule has 3 nitrogen and oxygen atoms in total. The van der Waals surface area contributed by atoms with Gasteiger partial charge in [0.15, 0.2) is 11.3 Å². The molecule has 2 N–H and O–H groups in total. The van der Waals surface area contributed by atoms with Gasteiger partial charge in [0.1, 0.15) is 0 Å². The van der Waals surface area contributed by atoms with Crippen LogP contribution in [0, 0.1) is 6.92 Å². The van der Waals surface area contributed by atoms with Crippen molar-refractivity contribution in [3.8, 4) is 5.75 Å². The molecule has 24 heavy (non-hydrogen) atoms. The van der Waals surface area contributed by atoms with Crippen LogP contribution in [0.4, 0.5) is 5.82 Å². The van der Waals surface area contributed by atoms with Crippen molar-refractivity contribution >= 4 is 39.9 Å². The Hall–Kier alpha value is -1.97. The molecule has 0 aliphatic rings. The standard InChI is InChI=1S/C19H18Cl2N2O/c1-12-10-18(23-19-15(12)4-3-5-17(19)24-2)22-9-8-13-6-7-14(20)11-16(13)21/h3-7,10-11H,8-9H2,1-2H3,(H,22,23)/p+1. The summed E-state index contributed by atoms with van der Waals surface area (Å²) < 4.78 is 5.45. The van der Waals surface area contributed by atoms with Crippen LogP contribution in [0.15, 0.2) is 42.5 Å². The Balaban J connectivity index is 1.78. The lowest BCUT2D eigenvalue weighted by Crippen LogP contribution is -2.17. The van der Waals surface area contributed by atoms with Crippen molar-refractivity contribution in [3.05, 3.63) is 63.6 Å². The van der Waals surface area contributed by atoms with Crippen molar-refractivity contribution in [1.29, 1.82) is 0 Å². The molecule has 1 aromatic heterocycles. The van der Waals surface area contributed by atoms with Gasteiger partial charge in [0.05, 0.1) is 13.7 Å². The van der Waals surface area contributed by atoms with Crippen LogP contribution < -0.4 is 15.0 Å². The van der Waals surface area contributed by atoms with E-state index in [1.165, 1.54) is 5.56 Å². The van der Waals surface area contributed by atoms with E-state index in [1.54, 1.807) is 13.2 Å². The van der Waals surface area contributed by atoms with E-state index in [0.717, 1.165) is 41.0 Å². The van der Waals surface area contributed by atoms with E-state index in [4.69, 9.17) is 27.9 Å². The van der Waals surface area contributed by atoms with E-state index in [9.17, 15) is 0 Å². The number of halogens is 2. The molecule has 0 atom stereocenters. The summed E-state index contributed by atoms with van der Waals surface area (Å²) in [5, 5.41) is 5.92. The number of H-pyrrole nitrogens is 1. The Labute approximate surface area is 151 Å². The number of ether oxygens (including phenoxy) is 1. The molecule has 0 radical (unpaired) electrons. The molecule has 2 aromatic carbocycles. The first-order valence-electron chi connectivity index (χ1n) is 7.76. The predicted octanol–water partition coefficient (Wildman–Crippen LogP) is 4.93. The molecule has 0 unspecified atom stereocenters. The molecule has 0 amide bonds. The van der Waals surface area contributed by atoms with Gasteiger partial charge < -0.3 is 4.74 Å². The van der Waals surface area contributed by atoms with E-state index >= 15 is 0 Å². The van der Waals surface area contributed by atoms with Gasteiger partial charge in [-0.1, -0.05) is 41.4 Å². The van der Waals surface area contributed by atoms with Gasteiger partial charge in [0.2, 0.25) is 0 Å². The number of nitrogens with one attached hydrogen (secondary N) is 2. The average molecular weight is 362 g/mol. The number of hydrogen-bond donors (Lipinski definition) is 1. The van der Waals surface area contributed by atoms with Gasteiger partial charge in [-0.25, -0.2) is 4.98 Å². The third kappa shape index (κ3) is 3.58. The van der Waals surface area contributed by atoms with E-state index < -0.39 is 0 Å². The largest absolute Gasteiger partial charge is 0.492 e. The van der Waals surface area contributed by atoms with Gasteiger partial charge in [-0.15, -0.1) is 0 Å². The third-order valence-corrected chi connectivity index (χ3v) is 4.60. The van der Waals surface area contributed by atoms with Gasteiger partial charge in [-0.2, -0.15) is 0 Å². The van der Waals surface area contributed by atoms with Crippen LogP contribution in [0.3, 0.4) is 0 Å². The molecule has 0 aliphatic carbocycles. The van der Waals surface area contributed by atoms with Gasteiger partial charge >= 0.3 is 0 Å². The van der Waals surface area contributed by atoms with E-state index in [2.05, 4.69) is 29.4 Å². The minimum absolute atomic E-state index is 0.655. The minimum Gasteiger partial charge on any atom is -0.492 e. The number of fused-ring (bicyclic) bond motifs is 1. The number of hydrogen-bond acceptors (Lipinski definition) is 2. The van der Waals surface area contributed by atoms with Crippen LogP contribution in [0.5, 0.6) is 5.75 Å². The lowest BCUT2D eigenvalue weighted by atomic mass is 10.1. The van der Waals surface area contributed by atoms with Crippen LogP contribution in [-0.4, -0.2) is 13.7 Å². The normalized spacial score (nSPS) is 10.8. The second-order valence-electron chi connectivity index (χ2n) is 5.66. The van der Waals surface area contributed by atoms with Crippen LogP contribution in [0.25, 0.3) is 10.9 Å². The molecule has 0 aliphatic heterocycles. The number of aromatic nitrogens is 1. The van der Waals surface area contributed by atoms with E-state index in [-0.39, 0.29) is 0 Å². The number of methoxy groups -OCH3 is 1. The highest BCUT2D eigenvalue weighted by Gasteiger charge is 2.12. The maximum absolute atomic E-state index is 6.22. The molecule has 1 heterocycles. The first kappa shape index (κ1) is 16.9. The summed E-state index contributed by atoms with van der Waals surface area (Å²) in [6.07, 6.45) is 0.812. The molecular formula is C19H19Cl2N2O+. The number of aromatic amines is 1. The molecule has 0 saturated carbocycles. The monoisotopic (exact) mass is 361 g/mol. The molecule has 3 aromatic rings. The van der Waals surface area contributed by atoms with Crippen LogP contribution >= 0.6 is 23.2 Å². The molecular weight excluding hydrogens is 343 g/mol. The molecule has 5 heteroatoms. The fourth-order valence-electron chi connectivity index (χ4n) is 2.78. The summed E-state index contributed by atoms with van der Waals surface area (Å²) >= 11 is 12.1. The second kappa shape index (κ2) is 7.29. The fourth-order valence-corrected chi connectivity index (χ4v) is 3.28. The molecule has 0 bridgehead atoms. The van der Waals surface area contributed by atoms with E-state index in [0.29, 0.717) is 10.0 Å². The first-order chi connectivity index (χ1) is 11.6. The summed E-state index contributed by atoms with van der Waals surface area (Å²) in [4.78, 5) is 3.41. The number of benzene rings is 2. The van der Waals surface area contributed by atoms with Crippen LogP contribution in [0.2, 0.25) is 10.0 Å². The topological polar surface area (TPSA) is 35.4 Å². The molecule has 124 valence electrons. The average Bonchev–Trinajstić information content (AvgIpc) is 2.56. The first-order valence-corrected chi connectivity index (χ1v) is 8.51. The summed E-state index contributed by atoms with van der Waals surface area (Å²) in [6, 6.07) is 13.7. The SMILES string of the molecule is COc1cccc2c(C)cc(NCCc3ccc(Cl)cc3Cl)[nH+]c12. The minimum atomic E-state index is 0.655. The number of rotatable bonds is 5. The maximum atomic E-state index is 6.22. The summed E-state index contributed by atoms with van der Waals surface area (Å²) in [5.74, 6) is 1.79. The van der Waals surface area contributed by atoms with Crippen molar-refractivity contribution in [2.45, 2.75) is 13.3 Å². The van der Waals surface area contributed by atoms with Crippen LogP contribution in [-0.2, 0) is 6.42 Å². The van der Waals surface area contributed by atoms with Crippen molar-refractivity contribution in [2.75, 3.05) is 19.0 Å². The van der Waals surface area contributed by atoms with Crippen molar-refractivity contribution in [3.63, 3.8) is 0 Å². The number of pyridine rings is 1. The Kier molecular flexibility index (Phi) is 5.12. The zero-order chi connectivity index (χ0) is 17.1. The third-order valence-electron chi connectivity index (χ3n) is 4.02. The lowest BCUT2D eigenvalue weighted by molar-refractivity contribution is -0.328. The lowest BCUT2D eigenvalue weighted by Gasteiger charge is -2.07. The molecule has 0 spiro atoms. The van der Waals surface area contributed by atoms with Crippen molar-refractivity contribution < 1.29 is 9.72 Å². The molecule has 0 saturated heterocycles. The van der Waals surface area contributed by atoms with Gasteiger partial charge in [0, 0.05) is 27.9 Å². The second-order valence-corrected chi connectivity index (χ2v) is 6.51. The summed E-state index contributed by atoms with van der Waals surface area (Å²) in [7, 11) is 1.68. The molecule has 3 rings (SSSR count). The van der Waals surface area contributed by atoms with Gasteiger partial charge in [0.25, 0.3) is 5.82 Å². The highest BCUT2D eigenvalue weighted by Crippen LogP contribution is 2.25. The smallest absolute Gasteiger partial charge is 0.273 e. The van der Waals surface area contributed by atoms with E-state index in [1.807, 2.05) is 24.3 Å². The zero-order valence-electron chi connectivity index (χ0n) is 13.6. The Bertz CT molecular complexity index is 881. The Morgan fingerprint density at radius 1 is 1.12 bits per heavy atom. The van der Waals surface area contributed by atoms with Crippen LogP contribution in [0.1, 0.15) is 11.1 Å². The Morgan fingerprint density at radius 3 is 2.71 bits per heavy atom.